The van der Waals surface area contributed by atoms with Crippen LogP contribution in [0, 0.1) is 13.8 Å². The van der Waals surface area contributed by atoms with Gasteiger partial charge in [-0.3, -0.25) is 14.8 Å². The van der Waals surface area contributed by atoms with Gasteiger partial charge >= 0.3 is 0 Å². The lowest BCUT2D eigenvalue weighted by molar-refractivity contribution is 0.102. The third-order valence-electron chi connectivity index (χ3n) is 5.37. The Bertz CT molecular complexity index is 1250. The Morgan fingerprint density at radius 2 is 2.00 bits per heavy atom. The average Bonchev–Trinajstić information content (AvgIpc) is 3.39. The Hall–Kier alpha value is -3.06. The van der Waals surface area contributed by atoms with E-state index in [1.165, 1.54) is 11.3 Å². The normalized spacial score (nSPS) is 13.8. The van der Waals surface area contributed by atoms with Gasteiger partial charge in [0.15, 0.2) is 10.8 Å². The Morgan fingerprint density at radius 3 is 2.76 bits per heavy atom. The summed E-state index contributed by atoms with van der Waals surface area (Å²) in [6, 6.07) is 10.0. The van der Waals surface area contributed by atoms with Crippen LogP contribution in [0.4, 0.5) is 5.13 Å². The Morgan fingerprint density at radius 1 is 1.21 bits per heavy atom. The first-order chi connectivity index (χ1) is 14.0. The van der Waals surface area contributed by atoms with E-state index < -0.39 is 0 Å². The zero-order valence-corrected chi connectivity index (χ0v) is 17.4. The number of nitrogens with zero attached hydrogens (tertiary/aromatic N) is 4. The molecule has 1 N–H and O–H groups in total. The molecule has 0 unspecified atom stereocenters. The number of amides is 1. The largest absolute Gasteiger partial charge is 0.298 e. The van der Waals surface area contributed by atoms with E-state index in [4.69, 9.17) is 4.98 Å². The first kappa shape index (κ1) is 18.0. The molecule has 1 saturated carbocycles. The number of rotatable bonds is 4. The maximum Gasteiger partial charge on any atom is 0.258 e. The van der Waals surface area contributed by atoms with Crippen molar-refractivity contribution < 1.29 is 4.79 Å². The van der Waals surface area contributed by atoms with Crippen LogP contribution in [-0.2, 0) is 7.05 Å². The molecular formula is C22H21N5OS. The second-order valence-electron chi connectivity index (χ2n) is 7.58. The van der Waals surface area contributed by atoms with Crippen molar-refractivity contribution in [3.05, 3.63) is 58.2 Å². The lowest BCUT2D eigenvalue weighted by Gasteiger charge is -2.07. The van der Waals surface area contributed by atoms with Gasteiger partial charge in [-0.1, -0.05) is 24.3 Å². The highest BCUT2D eigenvalue weighted by Gasteiger charge is 2.28. The number of hydrogen-bond acceptors (Lipinski definition) is 5. The maximum atomic E-state index is 13.2. The highest BCUT2D eigenvalue weighted by atomic mass is 32.1. The van der Waals surface area contributed by atoms with Gasteiger partial charge in [-0.2, -0.15) is 5.10 Å². The fourth-order valence-electron chi connectivity index (χ4n) is 3.71. The molecule has 0 bridgehead atoms. The van der Waals surface area contributed by atoms with Crippen molar-refractivity contribution in [2.24, 2.45) is 7.05 Å². The standard InChI is InChI=1S/C22H21N5OS/c1-12-6-4-5-7-15(12)18-11-29-22(24-18)25-21(28)16-10-17(14-8-9-14)23-20-19(16)13(2)26-27(20)3/h4-7,10-11,14H,8-9H2,1-3H3,(H,24,25,28). The van der Waals surface area contributed by atoms with Crippen molar-refractivity contribution in [1.29, 1.82) is 0 Å². The van der Waals surface area contributed by atoms with E-state index in [0.29, 0.717) is 16.6 Å². The number of benzene rings is 1. The highest BCUT2D eigenvalue weighted by molar-refractivity contribution is 7.14. The van der Waals surface area contributed by atoms with Crippen molar-refractivity contribution >= 4 is 33.4 Å². The molecule has 3 heterocycles. The van der Waals surface area contributed by atoms with Crippen molar-refractivity contribution in [3.63, 3.8) is 0 Å². The summed E-state index contributed by atoms with van der Waals surface area (Å²) in [6.45, 7) is 3.97. The average molecular weight is 404 g/mol. The summed E-state index contributed by atoms with van der Waals surface area (Å²) in [5.74, 6) is 0.287. The molecule has 0 radical (unpaired) electrons. The molecule has 146 valence electrons. The molecule has 0 aliphatic heterocycles. The van der Waals surface area contributed by atoms with E-state index in [-0.39, 0.29) is 5.91 Å². The zero-order valence-electron chi connectivity index (χ0n) is 16.6. The first-order valence-electron chi connectivity index (χ1n) is 9.68. The number of fused-ring (bicyclic) bond motifs is 1. The predicted octanol–water partition coefficient (Wildman–Crippen LogP) is 4.84. The van der Waals surface area contributed by atoms with Gasteiger partial charge in [-0.25, -0.2) is 9.97 Å². The topological polar surface area (TPSA) is 72.7 Å². The third kappa shape index (κ3) is 3.21. The van der Waals surface area contributed by atoms with Crippen LogP contribution in [0.15, 0.2) is 35.7 Å². The van der Waals surface area contributed by atoms with Crippen LogP contribution in [-0.4, -0.2) is 25.7 Å². The molecule has 3 aromatic heterocycles. The van der Waals surface area contributed by atoms with Gasteiger partial charge in [0.05, 0.1) is 22.3 Å². The highest BCUT2D eigenvalue weighted by Crippen LogP contribution is 2.40. The van der Waals surface area contributed by atoms with Crippen LogP contribution in [0.5, 0.6) is 0 Å². The van der Waals surface area contributed by atoms with Crippen LogP contribution in [0.25, 0.3) is 22.3 Å². The van der Waals surface area contributed by atoms with Gasteiger partial charge in [0.2, 0.25) is 0 Å². The van der Waals surface area contributed by atoms with Crippen molar-refractivity contribution in [1.82, 2.24) is 19.7 Å². The molecule has 0 saturated heterocycles. The summed E-state index contributed by atoms with van der Waals surface area (Å²) >= 11 is 1.43. The van der Waals surface area contributed by atoms with Crippen molar-refractivity contribution in [2.75, 3.05) is 5.32 Å². The Balaban J connectivity index is 1.50. The smallest absolute Gasteiger partial charge is 0.258 e. The number of carbonyl (C=O) groups excluding carboxylic acids is 1. The molecule has 1 amide bonds. The zero-order chi connectivity index (χ0) is 20.1. The molecule has 0 spiro atoms. The van der Waals surface area contributed by atoms with Crippen LogP contribution in [0.3, 0.4) is 0 Å². The molecule has 6 nitrogen and oxygen atoms in total. The van der Waals surface area contributed by atoms with Crippen LogP contribution in [0.1, 0.15) is 46.1 Å². The fraction of sp³-hybridized carbons (Fsp3) is 0.273. The van der Waals surface area contributed by atoms with Crippen LogP contribution >= 0.6 is 11.3 Å². The Labute approximate surface area is 172 Å². The van der Waals surface area contributed by atoms with Crippen LogP contribution < -0.4 is 5.32 Å². The summed E-state index contributed by atoms with van der Waals surface area (Å²) in [6.07, 6.45) is 2.26. The van der Waals surface area contributed by atoms with Crippen molar-refractivity contribution in [2.45, 2.75) is 32.6 Å². The maximum absolute atomic E-state index is 13.2. The van der Waals surface area contributed by atoms with E-state index >= 15 is 0 Å². The molecule has 5 rings (SSSR count). The molecule has 29 heavy (non-hydrogen) atoms. The first-order valence-corrected chi connectivity index (χ1v) is 10.6. The van der Waals surface area contributed by atoms with Gasteiger partial charge in [0.1, 0.15) is 0 Å². The van der Waals surface area contributed by atoms with Gasteiger partial charge in [0.25, 0.3) is 5.91 Å². The number of aryl methyl sites for hydroxylation is 3. The van der Waals surface area contributed by atoms with E-state index in [1.807, 2.05) is 43.6 Å². The monoisotopic (exact) mass is 403 g/mol. The van der Waals surface area contributed by atoms with E-state index in [0.717, 1.165) is 52.1 Å². The number of pyridine rings is 1. The summed E-state index contributed by atoms with van der Waals surface area (Å²) in [7, 11) is 1.87. The minimum absolute atomic E-state index is 0.166. The summed E-state index contributed by atoms with van der Waals surface area (Å²) in [5, 5.41) is 10.8. The van der Waals surface area contributed by atoms with Gasteiger partial charge in [-0.15, -0.1) is 11.3 Å². The number of anilines is 1. The summed E-state index contributed by atoms with van der Waals surface area (Å²) in [4.78, 5) is 22.6. The number of nitrogens with one attached hydrogen (secondary N) is 1. The minimum Gasteiger partial charge on any atom is -0.298 e. The molecule has 1 fully saturated rings. The SMILES string of the molecule is Cc1ccccc1-c1csc(NC(=O)c2cc(C3CC3)nc3c2c(C)nn3C)n1. The second-order valence-corrected chi connectivity index (χ2v) is 8.44. The number of thiazole rings is 1. The molecular weight excluding hydrogens is 382 g/mol. The van der Waals surface area contributed by atoms with E-state index in [9.17, 15) is 4.79 Å². The molecule has 4 aromatic rings. The van der Waals surface area contributed by atoms with Gasteiger partial charge in [0, 0.05) is 29.6 Å². The van der Waals surface area contributed by atoms with Gasteiger partial charge in [-0.05, 0) is 38.3 Å². The molecule has 1 aliphatic carbocycles. The summed E-state index contributed by atoms with van der Waals surface area (Å²) < 4.78 is 1.76. The van der Waals surface area contributed by atoms with Crippen molar-refractivity contribution in [3.8, 4) is 11.3 Å². The fourth-order valence-corrected chi connectivity index (χ4v) is 4.42. The van der Waals surface area contributed by atoms with Gasteiger partial charge < -0.3 is 0 Å². The summed E-state index contributed by atoms with van der Waals surface area (Å²) in [5.41, 5.74) is 6.28. The number of carbonyl (C=O) groups is 1. The predicted molar refractivity (Wildman–Crippen MR) is 115 cm³/mol. The lowest BCUT2D eigenvalue weighted by Crippen LogP contribution is -2.13. The number of aromatic nitrogens is 4. The van der Waals surface area contributed by atoms with Crippen LogP contribution in [0.2, 0.25) is 0 Å². The molecule has 1 aromatic carbocycles. The number of hydrogen-bond donors (Lipinski definition) is 1. The van der Waals surface area contributed by atoms with E-state index in [2.05, 4.69) is 28.4 Å². The second kappa shape index (κ2) is 6.77. The molecule has 0 atom stereocenters. The lowest BCUT2D eigenvalue weighted by atomic mass is 10.1. The molecule has 1 aliphatic rings. The third-order valence-corrected chi connectivity index (χ3v) is 6.13. The quantitative estimate of drug-likeness (QED) is 0.529. The minimum atomic E-state index is -0.166. The Kier molecular flexibility index (Phi) is 4.20. The van der Waals surface area contributed by atoms with E-state index in [1.54, 1.807) is 4.68 Å². The molecule has 7 heteroatoms.